The Kier molecular flexibility index (Phi) is 5.94. The lowest BCUT2D eigenvalue weighted by atomic mass is 10.1. The summed E-state index contributed by atoms with van der Waals surface area (Å²) in [5.74, 6) is -1.84. The SMILES string of the molecule is COc1ccc(S(=O)(=O)N2CC(C(=O)Nc3ccc(F)cc3F)Oc3cc(C)ccc32)cc1. The van der Waals surface area contributed by atoms with Crippen molar-refractivity contribution in [1.29, 1.82) is 0 Å². The topological polar surface area (TPSA) is 84.9 Å². The lowest BCUT2D eigenvalue weighted by Crippen LogP contribution is -2.48. The van der Waals surface area contributed by atoms with Gasteiger partial charge in [-0.2, -0.15) is 0 Å². The van der Waals surface area contributed by atoms with E-state index in [4.69, 9.17) is 9.47 Å². The second kappa shape index (κ2) is 8.70. The average molecular weight is 474 g/mol. The van der Waals surface area contributed by atoms with Crippen molar-refractivity contribution in [3.8, 4) is 11.5 Å². The molecule has 1 amide bonds. The fraction of sp³-hybridized carbons (Fsp3) is 0.174. The van der Waals surface area contributed by atoms with Crippen molar-refractivity contribution in [1.82, 2.24) is 0 Å². The Morgan fingerprint density at radius 3 is 2.48 bits per heavy atom. The summed E-state index contributed by atoms with van der Waals surface area (Å²) in [7, 11) is -2.60. The lowest BCUT2D eigenvalue weighted by molar-refractivity contribution is -0.122. The minimum atomic E-state index is -4.07. The highest BCUT2D eigenvalue weighted by molar-refractivity contribution is 7.92. The number of sulfonamides is 1. The number of methoxy groups -OCH3 is 1. The number of hydrogen-bond donors (Lipinski definition) is 1. The summed E-state index contributed by atoms with van der Waals surface area (Å²) in [5, 5.41) is 2.34. The number of aryl methyl sites for hydroxylation is 1. The third kappa shape index (κ3) is 4.47. The van der Waals surface area contributed by atoms with Gasteiger partial charge in [0.05, 0.1) is 29.9 Å². The molecule has 0 radical (unpaired) electrons. The van der Waals surface area contributed by atoms with Crippen molar-refractivity contribution in [3.05, 3.63) is 77.9 Å². The molecule has 1 heterocycles. The van der Waals surface area contributed by atoms with E-state index in [-0.39, 0.29) is 28.6 Å². The van der Waals surface area contributed by atoms with Gasteiger partial charge in [0.2, 0.25) is 0 Å². The first kappa shape index (κ1) is 22.5. The van der Waals surface area contributed by atoms with Crippen LogP contribution >= 0.6 is 0 Å². The molecule has 33 heavy (non-hydrogen) atoms. The van der Waals surface area contributed by atoms with E-state index < -0.39 is 33.7 Å². The minimum Gasteiger partial charge on any atom is -0.497 e. The quantitative estimate of drug-likeness (QED) is 0.607. The molecule has 0 saturated carbocycles. The summed E-state index contributed by atoms with van der Waals surface area (Å²) < 4.78 is 66.0. The van der Waals surface area contributed by atoms with Crippen molar-refractivity contribution in [2.75, 3.05) is 23.3 Å². The number of anilines is 2. The van der Waals surface area contributed by atoms with Crippen molar-refractivity contribution in [2.45, 2.75) is 17.9 Å². The van der Waals surface area contributed by atoms with Crippen LogP contribution in [-0.4, -0.2) is 34.1 Å². The molecule has 1 aliphatic heterocycles. The molecule has 3 aromatic carbocycles. The van der Waals surface area contributed by atoms with Gasteiger partial charge in [0.15, 0.2) is 6.10 Å². The fourth-order valence-corrected chi connectivity index (χ4v) is 4.88. The number of hydrogen-bond acceptors (Lipinski definition) is 5. The summed E-state index contributed by atoms with van der Waals surface area (Å²) in [4.78, 5) is 12.9. The van der Waals surface area contributed by atoms with E-state index >= 15 is 0 Å². The number of rotatable bonds is 5. The largest absolute Gasteiger partial charge is 0.497 e. The molecular weight excluding hydrogens is 454 g/mol. The zero-order chi connectivity index (χ0) is 23.8. The summed E-state index contributed by atoms with van der Waals surface area (Å²) >= 11 is 0. The zero-order valence-corrected chi connectivity index (χ0v) is 18.5. The van der Waals surface area contributed by atoms with E-state index in [2.05, 4.69) is 5.32 Å². The summed E-state index contributed by atoms with van der Waals surface area (Å²) in [5.41, 5.74) is 0.819. The molecule has 3 aromatic rings. The first-order valence-electron chi connectivity index (χ1n) is 9.89. The lowest BCUT2D eigenvalue weighted by Gasteiger charge is -2.35. The second-order valence-electron chi connectivity index (χ2n) is 7.40. The number of ether oxygens (including phenoxy) is 2. The van der Waals surface area contributed by atoms with Crippen LogP contribution < -0.4 is 19.1 Å². The average Bonchev–Trinajstić information content (AvgIpc) is 2.79. The number of fused-ring (bicyclic) bond motifs is 1. The molecule has 1 N–H and O–H groups in total. The Morgan fingerprint density at radius 1 is 1.09 bits per heavy atom. The van der Waals surface area contributed by atoms with E-state index in [1.54, 1.807) is 25.1 Å². The van der Waals surface area contributed by atoms with Crippen molar-refractivity contribution in [3.63, 3.8) is 0 Å². The van der Waals surface area contributed by atoms with E-state index in [9.17, 15) is 22.0 Å². The van der Waals surface area contributed by atoms with Gasteiger partial charge in [0.25, 0.3) is 15.9 Å². The Morgan fingerprint density at radius 2 is 1.82 bits per heavy atom. The normalized spacial score (nSPS) is 15.4. The summed E-state index contributed by atoms with van der Waals surface area (Å²) in [6.07, 6.45) is -1.28. The fourth-order valence-electron chi connectivity index (χ4n) is 3.40. The predicted molar refractivity (Wildman–Crippen MR) is 118 cm³/mol. The van der Waals surface area contributed by atoms with Gasteiger partial charge in [-0.15, -0.1) is 0 Å². The van der Waals surface area contributed by atoms with E-state index in [1.165, 1.54) is 31.4 Å². The molecule has 0 aliphatic carbocycles. The van der Waals surface area contributed by atoms with Crippen LogP contribution in [-0.2, 0) is 14.8 Å². The summed E-state index contributed by atoms with van der Waals surface area (Å²) in [6.45, 7) is 1.45. The second-order valence-corrected chi connectivity index (χ2v) is 9.27. The number of nitrogens with one attached hydrogen (secondary N) is 1. The minimum absolute atomic E-state index is 0.000428. The van der Waals surface area contributed by atoms with Crippen molar-refractivity contribution >= 4 is 27.3 Å². The highest BCUT2D eigenvalue weighted by atomic mass is 32.2. The highest BCUT2D eigenvalue weighted by Crippen LogP contribution is 2.38. The molecule has 0 saturated heterocycles. The monoisotopic (exact) mass is 474 g/mol. The Labute approximate surface area is 189 Å². The van der Waals surface area contributed by atoms with Crippen LogP contribution in [0.3, 0.4) is 0 Å². The number of nitrogens with zero attached hydrogens (tertiary/aromatic N) is 1. The molecular formula is C23H20F2N2O5S. The van der Waals surface area contributed by atoms with E-state index in [1.807, 2.05) is 0 Å². The molecule has 4 rings (SSSR count). The van der Waals surface area contributed by atoms with Gasteiger partial charge in [-0.1, -0.05) is 6.07 Å². The molecule has 0 aromatic heterocycles. The van der Waals surface area contributed by atoms with Gasteiger partial charge < -0.3 is 14.8 Å². The van der Waals surface area contributed by atoms with Crippen LogP contribution in [0.4, 0.5) is 20.2 Å². The van der Waals surface area contributed by atoms with Gasteiger partial charge in [-0.05, 0) is 61.0 Å². The van der Waals surface area contributed by atoms with Crippen LogP contribution in [0.15, 0.2) is 65.6 Å². The molecule has 1 atom stereocenters. The van der Waals surface area contributed by atoms with E-state index in [0.717, 1.165) is 22.0 Å². The van der Waals surface area contributed by atoms with E-state index in [0.29, 0.717) is 11.8 Å². The zero-order valence-electron chi connectivity index (χ0n) is 17.7. The number of benzene rings is 3. The number of carbonyl (C=O) groups excluding carboxylic acids is 1. The van der Waals surface area contributed by atoms with Crippen LogP contribution in [0.1, 0.15) is 5.56 Å². The Balaban J connectivity index is 1.69. The van der Waals surface area contributed by atoms with Crippen LogP contribution in [0, 0.1) is 18.6 Å². The number of halogens is 2. The maximum atomic E-state index is 14.0. The van der Waals surface area contributed by atoms with Gasteiger partial charge in [-0.3, -0.25) is 9.10 Å². The van der Waals surface area contributed by atoms with Gasteiger partial charge in [0.1, 0.15) is 23.1 Å². The standard InChI is InChI=1S/C23H20F2N2O5S/c1-14-3-10-20-21(11-14)32-22(23(28)26-19-9-4-15(24)12-18(19)25)13-27(20)33(29,30)17-7-5-16(31-2)6-8-17/h3-12,22H,13H2,1-2H3,(H,26,28). The molecule has 0 fully saturated rings. The molecule has 7 nitrogen and oxygen atoms in total. The molecule has 1 unspecified atom stereocenters. The molecule has 1 aliphatic rings. The van der Waals surface area contributed by atoms with Crippen LogP contribution in [0.2, 0.25) is 0 Å². The molecule has 172 valence electrons. The van der Waals surface area contributed by atoms with Crippen LogP contribution in [0.25, 0.3) is 0 Å². The van der Waals surface area contributed by atoms with Crippen LogP contribution in [0.5, 0.6) is 11.5 Å². The highest BCUT2D eigenvalue weighted by Gasteiger charge is 2.38. The molecule has 10 heteroatoms. The molecule has 0 spiro atoms. The van der Waals surface area contributed by atoms with Gasteiger partial charge in [0, 0.05) is 6.07 Å². The smallest absolute Gasteiger partial charge is 0.267 e. The first-order chi connectivity index (χ1) is 15.7. The first-order valence-corrected chi connectivity index (χ1v) is 11.3. The number of carbonyl (C=O) groups is 1. The van der Waals surface area contributed by atoms with Crippen molar-refractivity contribution < 1.29 is 31.5 Å². The Bertz CT molecular complexity index is 1310. The Hall–Kier alpha value is -3.66. The maximum absolute atomic E-state index is 14.0. The van der Waals surface area contributed by atoms with Gasteiger partial charge in [-0.25, -0.2) is 17.2 Å². The molecule has 0 bridgehead atoms. The third-order valence-corrected chi connectivity index (χ3v) is 6.91. The maximum Gasteiger partial charge on any atom is 0.267 e. The summed E-state index contributed by atoms with van der Waals surface area (Å²) in [6, 6.07) is 13.5. The third-order valence-electron chi connectivity index (χ3n) is 5.11. The van der Waals surface area contributed by atoms with Crippen molar-refractivity contribution in [2.24, 2.45) is 0 Å². The van der Waals surface area contributed by atoms with Gasteiger partial charge >= 0.3 is 0 Å². The number of amides is 1. The predicted octanol–water partition coefficient (Wildman–Crippen LogP) is 3.88.